The van der Waals surface area contributed by atoms with Crippen molar-refractivity contribution in [2.24, 2.45) is 0 Å². The molecule has 4 atom stereocenters. The van der Waals surface area contributed by atoms with Gasteiger partial charge in [0.25, 0.3) is 0 Å². The largest absolute Gasteiger partial charge is 0.300 e. The van der Waals surface area contributed by atoms with Gasteiger partial charge in [0.05, 0.1) is 6.07 Å². The maximum absolute atomic E-state index is 9.47. The molecule has 2 rings (SSSR count). The van der Waals surface area contributed by atoms with Crippen molar-refractivity contribution in [2.75, 3.05) is 6.54 Å². The number of nitrogens with one attached hydrogen (secondary N) is 1. The molecule has 0 bridgehead atoms. The molecule has 2 aliphatic rings. The molecule has 0 radical (unpaired) electrons. The first-order chi connectivity index (χ1) is 8.65. The monoisotopic (exact) mass is 249 g/mol. The molecular formula is C15H27N3. The highest BCUT2D eigenvalue weighted by Gasteiger charge is 2.45. The van der Waals surface area contributed by atoms with Gasteiger partial charge in [-0.05, 0) is 52.0 Å². The first kappa shape index (κ1) is 13.8. The van der Waals surface area contributed by atoms with Gasteiger partial charge in [-0.25, -0.2) is 0 Å². The average molecular weight is 249 g/mol. The molecule has 3 heteroatoms. The van der Waals surface area contributed by atoms with E-state index in [1.54, 1.807) is 0 Å². The van der Waals surface area contributed by atoms with Gasteiger partial charge in [-0.1, -0.05) is 13.8 Å². The van der Waals surface area contributed by atoms with Crippen LogP contribution < -0.4 is 5.32 Å². The lowest BCUT2D eigenvalue weighted by Crippen LogP contribution is -2.46. The fourth-order valence-corrected chi connectivity index (χ4v) is 4.08. The van der Waals surface area contributed by atoms with Gasteiger partial charge in [-0.3, -0.25) is 10.2 Å². The quantitative estimate of drug-likeness (QED) is 0.832. The summed E-state index contributed by atoms with van der Waals surface area (Å²) in [7, 11) is 0. The summed E-state index contributed by atoms with van der Waals surface area (Å²) >= 11 is 0. The Balaban J connectivity index is 2.05. The molecule has 0 aromatic heterocycles. The van der Waals surface area contributed by atoms with Crippen molar-refractivity contribution < 1.29 is 0 Å². The van der Waals surface area contributed by atoms with Gasteiger partial charge in [0, 0.05) is 18.1 Å². The molecule has 1 N–H and O–H groups in total. The zero-order chi connectivity index (χ0) is 13.2. The van der Waals surface area contributed by atoms with Crippen molar-refractivity contribution >= 4 is 0 Å². The van der Waals surface area contributed by atoms with E-state index in [4.69, 9.17) is 0 Å². The number of likely N-dealkylation sites (tertiary alicyclic amines) is 1. The Labute approximate surface area is 112 Å². The van der Waals surface area contributed by atoms with E-state index in [9.17, 15) is 5.26 Å². The third-order valence-electron chi connectivity index (χ3n) is 4.96. The highest BCUT2D eigenvalue weighted by Crippen LogP contribution is 2.38. The van der Waals surface area contributed by atoms with Crippen LogP contribution in [0.5, 0.6) is 0 Å². The lowest BCUT2D eigenvalue weighted by molar-refractivity contribution is 0.131. The second-order valence-electron chi connectivity index (χ2n) is 6.06. The van der Waals surface area contributed by atoms with Crippen LogP contribution in [0.4, 0.5) is 0 Å². The lowest BCUT2D eigenvalue weighted by Gasteiger charge is -2.34. The summed E-state index contributed by atoms with van der Waals surface area (Å²) in [5.74, 6) is 0. The summed E-state index contributed by atoms with van der Waals surface area (Å²) in [4.78, 5) is 2.72. The first-order valence-corrected chi connectivity index (χ1v) is 7.59. The molecule has 2 fully saturated rings. The van der Waals surface area contributed by atoms with Crippen molar-refractivity contribution in [3.63, 3.8) is 0 Å². The Morgan fingerprint density at radius 1 is 1.33 bits per heavy atom. The molecular weight excluding hydrogens is 222 g/mol. The van der Waals surface area contributed by atoms with Gasteiger partial charge in [0.1, 0.15) is 5.54 Å². The summed E-state index contributed by atoms with van der Waals surface area (Å²) in [6, 6.07) is 4.61. The molecule has 0 spiro atoms. The van der Waals surface area contributed by atoms with Crippen LogP contribution in [0.2, 0.25) is 0 Å². The lowest BCUT2D eigenvalue weighted by atomic mass is 9.99. The van der Waals surface area contributed by atoms with Crippen LogP contribution in [-0.4, -0.2) is 35.1 Å². The number of hydrogen-bond acceptors (Lipinski definition) is 3. The van der Waals surface area contributed by atoms with Crippen molar-refractivity contribution in [1.82, 2.24) is 10.2 Å². The van der Waals surface area contributed by atoms with E-state index >= 15 is 0 Å². The minimum Gasteiger partial charge on any atom is -0.300 e. The van der Waals surface area contributed by atoms with Gasteiger partial charge < -0.3 is 0 Å². The number of rotatable bonds is 4. The van der Waals surface area contributed by atoms with E-state index in [-0.39, 0.29) is 5.54 Å². The summed E-state index contributed by atoms with van der Waals surface area (Å²) in [5.41, 5.74) is -0.250. The van der Waals surface area contributed by atoms with Crippen LogP contribution in [0.25, 0.3) is 0 Å². The van der Waals surface area contributed by atoms with Crippen LogP contribution in [0.15, 0.2) is 0 Å². The summed E-state index contributed by atoms with van der Waals surface area (Å²) in [5, 5.41) is 12.9. The van der Waals surface area contributed by atoms with Gasteiger partial charge in [0.15, 0.2) is 0 Å². The van der Waals surface area contributed by atoms with Gasteiger partial charge >= 0.3 is 0 Å². The standard InChI is InChI=1S/C15H27N3/c1-4-13-7-6-12(3)18(13)14-8-9-15(10-14,11-16)17-5-2/h12-14,17H,4-10H2,1-3H3. The predicted molar refractivity (Wildman–Crippen MR) is 74.3 cm³/mol. The Kier molecular flexibility index (Phi) is 4.29. The van der Waals surface area contributed by atoms with E-state index in [0.29, 0.717) is 12.1 Å². The smallest absolute Gasteiger partial charge is 0.108 e. The molecule has 18 heavy (non-hydrogen) atoms. The maximum atomic E-state index is 9.47. The zero-order valence-electron chi connectivity index (χ0n) is 12.1. The van der Waals surface area contributed by atoms with Gasteiger partial charge in [-0.2, -0.15) is 5.26 Å². The van der Waals surface area contributed by atoms with Crippen LogP contribution in [-0.2, 0) is 0 Å². The van der Waals surface area contributed by atoms with E-state index < -0.39 is 0 Å². The van der Waals surface area contributed by atoms with Gasteiger partial charge in [0.2, 0.25) is 0 Å². The topological polar surface area (TPSA) is 39.1 Å². The summed E-state index contributed by atoms with van der Waals surface area (Å²) in [6.45, 7) is 7.65. The van der Waals surface area contributed by atoms with Gasteiger partial charge in [-0.15, -0.1) is 0 Å². The molecule has 1 aliphatic heterocycles. The fourth-order valence-electron chi connectivity index (χ4n) is 4.08. The molecule has 0 aromatic rings. The summed E-state index contributed by atoms with van der Waals surface area (Å²) < 4.78 is 0. The number of nitriles is 1. The second kappa shape index (κ2) is 5.59. The Morgan fingerprint density at radius 2 is 2.11 bits per heavy atom. The Hall–Kier alpha value is -0.590. The predicted octanol–water partition coefficient (Wildman–Crippen LogP) is 2.67. The molecule has 1 aliphatic carbocycles. The molecule has 102 valence electrons. The summed E-state index contributed by atoms with van der Waals surface area (Å²) in [6.07, 6.45) is 7.13. The highest BCUT2D eigenvalue weighted by atomic mass is 15.2. The number of hydrogen-bond donors (Lipinski definition) is 1. The minimum atomic E-state index is -0.250. The van der Waals surface area contributed by atoms with Crippen molar-refractivity contribution in [1.29, 1.82) is 5.26 Å². The molecule has 1 saturated carbocycles. The van der Waals surface area contributed by atoms with Crippen LogP contribution >= 0.6 is 0 Å². The molecule has 1 saturated heterocycles. The van der Waals surface area contributed by atoms with E-state index in [0.717, 1.165) is 25.4 Å². The second-order valence-corrected chi connectivity index (χ2v) is 6.06. The Morgan fingerprint density at radius 3 is 2.72 bits per heavy atom. The number of nitrogens with zero attached hydrogens (tertiary/aromatic N) is 2. The van der Waals surface area contributed by atoms with E-state index in [1.807, 2.05) is 0 Å². The zero-order valence-corrected chi connectivity index (χ0v) is 12.1. The van der Waals surface area contributed by atoms with E-state index in [2.05, 4.69) is 37.1 Å². The molecule has 4 unspecified atom stereocenters. The molecule has 3 nitrogen and oxygen atoms in total. The molecule has 0 amide bonds. The maximum Gasteiger partial charge on any atom is 0.108 e. The van der Waals surface area contributed by atoms with Crippen LogP contribution in [0.1, 0.15) is 59.3 Å². The SMILES string of the molecule is CCNC1(C#N)CCC(N2C(C)CCC2CC)C1. The first-order valence-electron chi connectivity index (χ1n) is 7.59. The Bertz CT molecular complexity index is 322. The van der Waals surface area contributed by atoms with Crippen molar-refractivity contribution in [3.05, 3.63) is 0 Å². The molecule has 0 aromatic carbocycles. The third-order valence-corrected chi connectivity index (χ3v) is 4.96. The fraction of sp³-hybridized carbons (Fsp3) is 0.933. The van der Waals surface area contributed by atoms with Crippen LogP contribution in [0.3, 0.4) is 0 Å². The van der Waals surface area contributed by atoms with E-state index in [1.165, 1.54) is 25.7 Å². The normalized spacial score (nSPS) is 41.1. The van der Waals surface area contributed by atoms with Crippen LogP contribution in [0, 0.1) is 11.3 Å². The van der Waals surface area contributed by atoms with Crippen molar-refractivity contribution in [2.45, 2.75) is 83.0 Å². The van der Waals surface area contributed by atoms with Crippen molar-refractivity contribution in [3.8, 4) is 6.07 Å². The third kappa shape index (κ3) is 2.41. The highest BCUT2D eigenvalue weighted by molar-refractivity contribution is 5.14. The minimum absolute atomic E-state index is 0.250. The molecule has 1 heterocycles. The average Bonchev–Trinajstić information content (AvgIpc) is 2.94.